The SMILES string of the molecule is CCOC(=O)C(F)(F)C(CCOC)(N[S+]([O-])C(C)(C)C)c1nc(Br)ccc1F. The minimum absolute atomic E-state index is 0.0636. The van der Waals surface area contributed by atoms with Crippen LogP contribution in [0.1, 0.15) is 39.8 Å². The first-order valence-corrected chi connectivity index (χ1v) is 10.3. The lowest BCUT2D eigenvalue weighted by Crippen LogP contribution is -2.64. The Hall–Kier alpha value is -0.880. The van der Waals surface area contributed by atoms with Crippen LogP contribution < -0.4 is 4.72 Å². The van der Waals surface area contributed by atoms with Crippen LogP contribution in [0.2, 0.25) is 0 Å². The molecule has 0 aliphatic carbocycles. The van der Waals surface area contributed by atoms with E-state index in [2.05, 4.69) is 30.4 Å². The molecule has 1 rings (SSSR count). The summed E-state index contributed by atoms with van der Waals surface area (Å²) < 4.78 is 69.1. The van der Waals surface area contributed by atoms with E-state index in [4.69, 9.17) is 4.74 Å². The molecule has 2 unspecified atom stereocenters. The molecule has 0 aliphatic heterocycles. The molecule has 1 aromatic heterocycles. The quantitative estimate of drug-likeness (QED) is 0.325. The van der Waals surface area contributed by atoms with Crippen molar-refractivity contribution in [1.82, 2.24) is 9.71 Å². The summed E-state index contributed by atoms with van der Waals surface area (Å²) in [6, 6.07) is 2.15. The summed E-state index contributed by atoms with van der Waals surface area (Å²) in [4.78, 5) is 16.0. The Labute approximate surface area is 174 Å². The second-order valence-electron chi connectivity index (χ2n) is 6.89. The fraction of sp³-hybridized carbons (Fsp3) is 0.647. The van der Waals surface area contributed by atoms with Gasteiger partial charge in [-0.1, -0.05) is 0 Å². The van der Waals surface area contributed by atoms with Gasteiger partial charge in [-0.3, -0.25) is 0 Å². The van der Waals surface area contributed by atoms with Crippen LogP contribution in [0.15, 0.2) is 16.7 Å². The van der Waals surface area contributed by atoms with Crippen molar-refractivity contribution in [3.63, 3.8) is 0 Å². The maximum Gasteiger partial charge on any atom is 0.379 e. The molecule has 11 heteroatoms. The maximum atomic E-state index is 15.4. The van der Waals surface area contributed by atoms with Crippen molar-refractivity contribution in [2.45, 2.75) is 50.3 Å². The number of aromatic nitrogens is 1. The largest absolute Gasteiger partial charge is 0.598 e. The van der Waals surface area contributed by atoms with Crippen molar-refractivity contribution in [3.05, 3.63) is 28.2 Å². The Bertz CT molecular complexity index is 691. The van der Waals surface area contributed by atoms with Gasteiger partial charge in [0.1, 0.15) is 20.9 Å². The van der Waals surface area contributed by atoms with Crippen LogP contribution >= 0.6 is 15.9 Å². The van der Waals surface area contributed by atoms with Crippen LogP contribution in [0.3, 0.4) is 0 Å². The van der Waals surface area contributed by atoms with Crippen LogP contribution in [0.5, 0.6) is 0 Å². The molecule has 0 aliphatic rings. The van der Waals surface area contributed by atoms with Crippen molar-refractivity contribution in [2.24, 2.45) is 0 Å². The van der Waals surface area contributed by atoms with Crippen LogP contribution in [-0.4, -0.2) is 46.5 Å². The minimum atomic E-state index is -4.31. The van der Waals surface area contributed by atoms with Crippen LogP contribution in [0.4, 0.5) is 13.2 Å². The zero-order valence-electron chi connectivity index (χ0n) is 16.3. The van der Waals surface area contributed by atoms with Crippen LogP contribution in [0, 0.1) is 5.82 Å². The Kier molecular flexibility index (Phi) is 8.76. The Morgan fingerprint density at radius 1 is 1.36 bits per heavy atom. The van der Waals surface area contributed by atoms with Gasteiger partial charge in [-0.2, -0.15) is 8.78 Å². The molecule has 28 heavy (non-hydrogen) atoms. The highest BCUT2D eigenvalue weighted by Gasteiger charge is 2.66. The number of ether oxygens (including phenoxy) is 2. The lowest BCUT2D eigenvalue weighted by Gasteiger charge is -2.40. The molecular formula is C17H24BrF3N2O4S. The fourth-order valence-electron chi connectivity index (χ4n) is 2.27. The summed E-state index contributed by atoms with van der Waals surface area (Å²) in [6.07, 6.45) is -0.600. The first-order valence-electron chi connectivity index (χ1n) is 8.39. The van der Waals surface area contributed by atoms with Crippen molar-refractivity contribution in [3.8, 4) is 0 Å². The topological polar surface area (TPSA) is 83.5 Å². The Balaban J connectivity index is 3.76. The fourth-order valence-corrected chi connectivity index (χ4v) is 3.53. The van der Waals surface area contributed by atoms with Crippen molar-refractivity contribution < 1.29 is 32.0 Å². The van der Waals surface area contributed by atoms with E-state index in [9.17, 15) is 13.7 Å². The Morgan fingerprint density at radius 2 is 1.96 bits per heavy atom. The van der Waals surface area contributed by atoms with Crippen molar-refractivity contribution >= 4 is 33.3 Å². The van der Waals surface area contributed by atoms with E-state index < -0.39 is 51.5 Å². The number of rotatable bonds is 9. The van der Waals surface area contributed by atoms with Gasteiger partial charge in [0.25, 0.3) is 0 Å². The molecule has 2 atom stereocenters. The van der Waals surface area contributed by atoms with Gasteiger partial charge in [-0.25, -0.2) is 14.2 Å². The molecule has 6 nitrogen and oxygen atoms in total. The van der Waals surface area contributed by atoms with Gasteiger partial charge in [0.2, 0.25) is 0 Å². The summed E-state index contributed by atoms with van der Waals surface area (Å²) >= 11 is 0.916. The lowest BCUT2D eigenvalue weighted by molar-refractivity contribution is -0.187. The van der Waals surface area contributed by atoms with Crippen LogP contribution in [-0.2, 0) is 31.2 Å². The molecule has 0 radical (unpaired) electrons. The van der Waals surface area contributed by atoms with E-state index in [1.54, 1.807) is 20.8 Å². The summed E-state index contributed by atoms with van der Waals surface area (Å²) in [5.74, 6) is -7.29. The number of pyridine rings is 1. The summed E-state index contributed by atoms with van der Waals surface area (Å²) in [5, 5.41) is 0. The number of nitrogens with one attached hydrogen (secondary N) is 1. The lowest BCUT2D eigenvalue weighted by atomic mass is 9.84. The number of nitrogens with zero attached hydrogens (tertiary/aromatic N) is 1. The third-order valence-electron chi connectivity index (χ3n) is 3.79. The average Bonchev–Trinajstić information content (AvgIpc) is 2.59. The van der Waals surface area contributed by atoms with E-state index in [-0.39, 0.29) is 17.8 Å². The normalized spacial score (nSPS) is 15.8. The Morgan fingerprint density at radius 3 is 2.46 bits per heavy atom. The zero-order valence-corrected chi connectivity index (χ0v) is 18.7. The second kappa shape index (κ2) is 9.75. The molecule has 1 aromatic rings. The summed E-state index contributed by atoms with van der Waals surface area (Å²) in [6.45, 7) is 5.39. The molecule has 0 saturated heterocycles. The van der Waals surface area contributed by atoms with Gasteiger partial charge in [0, 0.05) is 31.5 Å². The number of carbonyl (C=O) groups is 1. The molecule has 0 fully saturated rings. The molecule has 0 spiro atoms. The number of carbonyl (C=O) groups excluding carboxylic acids is 1. The van der Waals surface area contributed by atoms with E-state index in [1.807, 2.05) is 0 Å². The van der Waals surface area contributed by atoms with Gasteiger partial charge in [-0.05, 0) is 55.8 Å². The van der Waals surface area contributed by atoms with Crippen molar-refractivity contribution in [1.29, 1.82) is 0 Å². The standard InChI is InChI=1S/C17H24BrF3N2O4S/c1-6-27-14(24)17(20,21)16(9-10-26-5,23-28(25)15(2,3)4)13-11(19)7-8-12(18)22-13/h7-8,23H,6,9-10H2,1-5H3. The van der Waals surface area contributed by atoms with Gasteiger partial charge < -0.3 is 14.0 Å². The van der Waals surface area contributed by atoms with E-state index >= 15 is 8.78 Å². The van der Waals surface area contributed by atoms with Crippen LogP contribution in [0.25, 0.3) is 0 Å². The molecule has 1 N–H and O–H groups in total. The zero-order chi connectivity index (χ0) is 21.8. The minimum Gasteiger partial charge on any atom is -0.598 e. The van der Waals surface area contributed by atoms with Gasteiger partial charge in [0.05, 0.1) is 6.61 Å². The average molecular weight is 489 g/mol. The number of alkyl halides is 2. The second-order valence-corrected chi connectivity index (χ2v) is 9.67. The molecule has 0 amide bonds. The molecule has 1 heterocycles. The maximum absolute atomic E-state index is 15.4. The van der Waals surface area contributed by atoms with E-state index in [1.165, 1.54) is 20.1 Å². The summed E-state index contributed by atoms with van der Waals surface area (Å²) in [5.41, 5.74) is -3.55. The molecule has 0 bridgehead atoms. The molecule has 0 aromatic carbocycles. The number of methoxy groups -OCH3 is 1. The number of halogens is 4. The monoisotopic (exact) mass is 488 g/mol. The third kappa shape index (κ3) is 5.38. The number of hydrogen-bond acceptors (Lipinski definition) is 6. The third-order valence-corrected chi connectivity index (χ3v) is 5.88. The molecule has 160 valence electrons. The molecular weight excluding hydrogens is 465 g/mol. The number of esters is 1. The highest BCUT2D eigenvalue weighted by atomic mass is 79.9. The predicted octanol–water partition coefficient (Wildman–Crippen LogP) is 3.47. The first-order chi connectivity index (χ1) is 12.8. The van der Waals surface area contributed by atoms with Gasteiger partial charge in [0.15, 0.2) is 5.54 Å². The number of hydrogen-bond donors (Lipinski definition) is 1. The summed E-state index contributed by atoms with van der Waals surface area (Å²) in [7, 11) is 1.26. The van der Waals surface area contributed by atoms with Crippen molar-refractivity contribution in [2.75, 3.05) is 20.3 Å². The smallest absolute Gasteiger partial charge is 0.379 e. The molecule has 0 saturated carbocycles. The highest BCUT2D eigenvalue weighted by Crippen LogP contribution is 2.43. The van der Waals surface area contributed by atoms with E-state index in [0.717, 1.165) is 6.07 Å². The first kappa shape index (κ1) is 25.2. The van der Waals surface area contributed by atoms with Gasteiger partial charge >= 0.3 is 11.9 Å². The van der Waals surface area contributed by atoms with Gasteiger partial charge in [-0.15, -0.1) is 4.72 Å². The van der Waals surface area contributed by atoms with E-state index in [0.29, 0.717) is 0 Å². The predicted molar refractivity (Wildman–Crippen MR) is 103 cm³/mol. The highest BCUT2D eigenvalue weighted by molar-refractivity contribution is 9.10.